The first-order valence-electron chi connectivity index (χ1n) is 12.0. The average Bonchev–Trinajstić information content (AvgIpc) is 2.80. The van der Waals surface area contributed by atoms with Gasteiger partial charge >= 0.3 is 0 Å². The second-order valence-corrected chi connectivity index (χ2v) is 8.84. The fourth-order valence-corrected chi connectivity index (χ4v) is 4.26. The predicted molar refractivity (Wildman–Crippen MR) is 135 cm³/mol. The molecule has 0 aliphatic rings. The van der Waals surface area contributed by atoms with Crippen LogP contribution in [-0.4, -0.2) is 17.6 Å². The highest BCUT2D eigenvalue weighted by molar-refractivity contribution is 5.70. The number of benzene rings is 2. The van der Waals surface area contributed by atoms with E-state index in [2.05, 4.69) is 101 Å². The molecular weight excluding hydrogens is 392 g/mol. The van der Waals surface area contributed by atoms with Gasteiger partial charge in [-0.05, 0) is 56.2 Å². The van der Waals surface area contributed by atoms with Gasteiger partial charge in [0, 0.05) is 36.0 Å². The van der Waals surface area contributed by atoms with Gasteiger partial charge in [0.15, 0.2) is 0 Å². The summed E-state index contributed by atoms with van der Waals surface area (Å²) >= 11 is 0. The number of rotatable bonds is 10. The zero-order chi connectivity index (χ0) is 23.1. The third kappa shape index (κ3) is 5.77. The van der Waals surface area contributed by atoms with E-state index < -0.39 is 0 Å². The minimum atomic E-state index is 0.110. The second-order valence-electron chi connectivity index (χ2n) is 8.84. The summed E-state index contributed by atoms with van der Waals surface area (Å²) < 4.78 is 6.30. The molecule has 170 valence electrons. The molecule has 3 rings (SSSR count). The average molecular weight is 431 g/mol. The van der Waals surface area contributed by atoms with Crippen LogP contribution < -0.4 is 10.1 Å². The minimum Gasteiger partial charge on any atom is -0.491 e. The van der Waals surface area contributed by atoms with Gasteiger partial charge in [0.05, 0.1) is 11.8 Å². The Labute approximate surface area is 194 Å². The fraction of sp³-hybridized carbons (Fsp3) is 0.414. The van der Waals surface area contributed by atoms with Crippen LogP contribution in [0.4, 0.5) is 0 Å². The Hall–Kier alpha value is -2.65. The predicted octanol–water partition coefficient (Wildman–Crippen LogP) is 6.86. The highest BCUT2D eigenvalue weighted by Crippen LogP contribution is 2.33. The molecule has 0 saturated heterocycles. The first kappa shape index (κ1) is 24.0. The van der Waals surface area contributed by atoms with E-state index in [9.17, 15) is 0 Å². The quantitative estimate of drug-likeness (QED) is 0.381. The summed E-state index contributed by atoms with van der Waals surface area (Å²) in [6.45, 7) is 14.6. The molecule has 3 nitrogen and oxygen atoms in total. The molecule has 0 saturated carbocycles. The van der Waals surface area contributed by atoms with Gasteiger partial charge in [-0.25, -0.2) is 0 Å². The maximum Gasteiger partial charge on any atom is 0.128 e. The lowest BCUT2D eigenvalue weighted by Gasteiger charge is -2.21. The number of hydrogen-bond acceptors (Lipinski definition) is 3. The van der Waals surface area contributed by atoms with E-state index in [0.29, 0.717) is 5.92 Å². The Bertz CT molecular complexity index is 989. The molecule has 1 aromatic heterocycles. The van der Waals surface area contributed by atoms with Crippen LogP contribution in [0.25, 0.3) is 11.3 Å². The number of nitrogens with one attached hydrogen (secondary N) is 1. The Kier molecular flexibility index (Phi) is 8.46. The molecule has 0 radical (unpaired) electrons. The van der Waals surface area contributed by atoms with Crippen LogP contribution in [0.2, 0.25) is 0 Å². The van der Waals surface area contributed by atoms with Crippen molar-refractivity contribution in [3.8, 4) is 17.0 Å². The lowest BCUT2D eigenvalue weighted by molar-refractivity contribution is 0.239. The van der Waals surface area contributed by atoms with Crippen LogP contribution in [0.1, 0.15) is 68.5 Å². The molecule has 32 heavy (non-hydrogen) atoms. The molecule has 1 heterocycles. The summed E-state index contributed by atoms with van der Waals surface area (Å²) in [6.07, 6.45) is 2.09. The van der Waals surface area contributed by atoms with E-state index in [4.69, 9.17) is 9.72 Å². The van der Waals surface area contributed by atoms with Gasteiger partial charge in [-0.15, -0.1) is 0 Å². The van der Waals surface area contributed by atoms with Gasteiger partial charge in [0.2, 0.25) is 0 Å². The van der Waals surface area contributed by atoms with Crippen molar-refractivity contribution in [2.45, 2.75) is 73.0 Å². The molecule has 0 fully saturated rings. The van der Waals surface area contributed by atoms with E-state index in [1.54, 1.807) is 0 Å². The monoisotopic (exact) mass is 430 g/mol. The fourth-order valence-electron chi connectivity index (χ4n) is 4.26. The third-order valence-corrected chi connectivity index (χ3v) is 6.03. The van der Waals surface area contributed by atoms with Crippen molar-refractivity contribution in [3.05, 3.63) is 82.5 Å². The summed E-state index contributed by atoms with van der Waals surface area (Å²) in [5.41, 5.74) is 8.51. The number of aryl methyl sites for hydroxylation is 3. The molecule has 0 aliphatic heterocycles. The first-order chi connectivity index (χ1) is 15.4. The van der Waals surface area contributed by atoms with Gasteiger partial charge in [-0.2, -0.15) is 0 Å². The molecule has 2 aromatic carbocycles. The lowest BCUT2D eigenvalue weighted by Crippen LogP contribution is -2.21. The van der Waals surface area contributed by atoms with Gasteiger partial charge in [-0.3, -0.25) is 4.98 Å². The molecule has 0 bridgehead atoms. The molecule has 0 spiro atoms. The minimum absolute atomic E-state index is 0.110. The van der Waals surface area contributed by atoms with Crippen LogP contribution >= 0.6 is 0 Å². The number of nitrogens with zero attached hydrogens (tertiary/aromatic N) is 1. The van der Waals surface area contributed by atoms with E-state index in [1.807, 2.05) is 0 Å². The number of ether oxygens (including phenoxy) is 1. The standard InChI is InChI=1S/C29H38N2O/c1-7-23-15-12-16-24(8-2)29(23)27-17-28(32-20(3)4)26(22(6)31-27)19-30-18-21(5)25-13-10-9-11-14-25/h9-17,20-21,30H,7-8,18-19H2,1-6H3. The number of pyridine rings is 1. The summed E-state index contributed by atoms with van der Waals surface area (Å²) in [5.74, 6) is 1.39. The van der Waals surface area contributed by atoms with Gasteiger partial charge in [0.25, 0.3) is 0 Å². The summed E-state index contributed by atoms with van der Waals surface area (Å²) in [5, 5.41) is 3.64. The van der Waals surface area contributed by atoms with Crippen molar-refractivity contribution in [2.24, 2.45) is 0 Å². The van der Waals surface area contributed by atoms with Gasteiger partial charge < -0.3 is 10.1 Å². The zero-order valence-corrected chi connectivity index (χ0v) is 20.5. The van der Waals surface area contributed by atoms with E-state index in [1.165, 1.54) is 22.3 Å². The molecule has 1 N–H and O–H groups in total. The van der Waals surface area contributed by atoms with E-state index >= 15 is 0 Å². The second kappa shape index (κ2) is 11.3. The van der Waals surface area contributed by atoms with E-state index in [-0.39, 0.29) is 6.10 Å². The largest absolute Gasteiger partial charge is 0.491 e. The Morgan fingerprint density at radius 2 is 1.56 bits per heavy atom. The van der Waals surface area contributed by atoms with Crippen molar-refractivity contribution in [2.75, 3.05) is 6.54 Å². The van der Waals surface area contributed by atoms with Crippen molar-refractivity contribution in [1.29, 1.82) is 0 Å². The normalized spacial score (nSPS) is 12.2. The Morgan fingerprint density at radius 3 is 2.16 bits per heavy atom. The molecule has 1 atom stereocenters. The maximum absolute atomic E-state index is 6.30. The molecule has 0 amide bonds. The summed E-state index contributed by atoms with van der Waals surface area (Å²) in [4.78, 5) is 5.06. The highest BCUT2D eigenvalue weighted by Gasteiger charge is 2.17. The molecule has 3 heteroatoms. The number of aromatic nitrogens is 1. The first-order valence-corrected chi connectivity index (χ1v) is 12.0. The summed E-state index contributed by atoms with van der Waals surface area (Å²) in [6, 6.07) is 19.4. The molecule has 3 aromatic rings. The maximum atomic E-state index is 6.30. The van der Waals surface area contributed by atoms with E-state index in [0.717, 1.165) is 48.6 Å². The zero-order valence-electron chi connectivity index (χ0n) is 20.5. The molecule has 1 unspecified atom stereocenters. The topological polar surface area (TPSA) is 34.1 Å². The van der Waals surface area contributed by atoms with Crippen LogP contribution in [0, 0.1) is 6.92 Å². The van der Waals surface area contributed by atoms with Gasteiger partial charge in [-0.1, -0.05) is 69.3 Å². The molecular formula is C29H38N2O. The summed E-state index contributed by atoms with van der Waals surface area (Å²) in [7, 11) is 0. The highest BCUT2D eigenvalue weighted by atomic mass is 16.5. The van der Waals surface area contributed by atoms with Crippen molar-refractivity contribution in [3.63, 3.8) is 0 Å². The number of hydrogen-bond donors (Lipinski definition) is 1. The van der Waals surface area contributed by atoms with Crippen molar-refractivity contribution in [1.82, 2.24) is 10.3 Å². The smallest absolute Gasteiger partial charge is 0.128 e. The van der Waals surface area contributed by atoms with Crippen molar-refractivity contribution < 1.29 is 4.74 Å². The van der Waals surface area contributed by atoms with Crippen LogP contribution in [0.15, 0.2) is 54.6 Å². The SMILES string of the molecule is CCc1cccc(CC)c1-c1cc(OC(C)C)c(CNCC(C)c2ccccc2)c(C)n1. The van der Waals surface area contributed by atoms with Crippen LogP contribution in [-0.2, 0) is 19.4 Å². The Balaban J connectivity index is 1.90. The Morgan fingerprint density at radius 1 is 0.906 bits per heavy atom. The molecule has 0 aliphatic carbocycles. The lowest BCUT2D eigenvalue weighted by atomic mass is 9.94. The van der Waals surface area contributed by atoms with Crippen LogP contribution in [0.3, 0.4) is 0 Å². The third-order valence-electron chi connectivity index (χ3n) is 6.03. The van der Waals surface area contributed by atoms with Gasteiger partial charge in [0.1, 0.15) is 5.75 Å². The van der Waals surface area contributed by atoms with Crippen LogP contribution in [0.5, 0.6) is 5.75 Å². The van der Waals surface area contributed by atoms with Crippen molar-refractivity contribution >= 4 is 0 Å².